The molecule has 1 aromatic carbocycles. The van der Waals surface area contributed by atoms with Crippen molar-refractivity contribution in [3.63, 3.8) is 0 Å². The number of anilines is 3. The van der Waals surface area contributed by atoms with E-state index in [2.05, 4.69) is 30.7 Å². The minimum Gasteiger partial charge on any atom is -0.324 e. The fraction of sp³-hybridized carbons (Fsp3) is 0.133. The Balaban J connectivity index is 1.62. The predicted molar refractivity (Wildman–Crippen MR) is 90.1 cm³/mol. The highest BCUT2D eigenvalue weighted by Gasteiger charge is 2.15. The zero-order valence-corrected chi connectivity index (χ0v) is 13.5. The maximum Gasteiger partial charge on any atom is 0.249 e. The fourth-order valence-corrected chi connectivity index (χ4v) is 2.02. The molecule has 2 heterocycles. The Morgan fingerprint density at radius 3 is 2.46 bits per heavy atom. The molecule has 1 amide bonds. The van der Waals surface area contributed by atoms with Gasteiger partial charge in [0.05, 0.1) is 17.4 Å². The highest BCUT2D eigenvalue weighted by Crippen LogP contribution is 2.18. The normalized spacial score (nSPS) is 11.8. The van der Waals surface area contributed by atoms with Crippen LogP contribution in [0.15, 0.2) is 49.3 Å². The Morgan fingerprint density at radius 2 is 1.83 bits per heavy atom. The molecule has 2 N–H and O–H groups in total. The van der Waals surface area contributed by atoms with Gasteiger partial charge in [-0.1, -0.05) is 11.6 Å². The lowest BCUT2D eigenvalue weighted by atomic mass is 10.2. The average molecular weight is 344 g/mol. The molecule has 0 saturated heterocycles. The molecule has 0 aliphatic carbocycles. The molecule has 0 unspecified atom stereocenters. The minimum atomic E-state index is -0.451. The molecule has 3 rings (SSSR count). The van der Waals surface area contributed by atoms with Crippen LogP contribution in [0.2, 0.25) is 5.02 Å². The molecule has 0 saturated carbocycles. The molecule has 0 radical (unpaired) electrons. The molecular weight excluding hydrogens is 330 g/mol. The molecule has 0 spiro atoms. The second-order valence-electron chi connectivity index (χ2n) is 4.97. The number of hydrogen-bond acceptors (Lipinski definition) is 6. The second-order valence-corrected chi connectivity index (χ2v) is 5.40. The second kappa shape index (κ2) is 7.05. The van der Waals surface area contributed by atoms with Gasteiger partial charge in [-0.15, -0.1) is 0 Å². The number of halogens is 1. The van der Waals surface area contributed by atoms with Crippen molar-refractivity contribution in [2.24, 2.45) is 0 Å². The standard InChI is InChI=1S/C15H14ClN7O/c1-10(23-9-17-8-20-23)14(24)21-12-2-4-13(5-3-12)22-15-18-6-11(16)7-19-15/h2-10H,1H3,(H,21,24)(H,18,19,22)/t10-/m1/s1. The maximum atomic E-state index is 12.2. The van der Waals surface area contributed by atoms with E-state index in [9.17, 15) is 4.79 Å². The van der Waals surface area contributed by atoms with Crippen LogP contribution in [0.4, 0.5) is 17.3 Å². The molecule has 2 aromatic heterocycles. The number of aromatic nitrogens is 5. The largest absolute Gasteiger partial charge is 0.324 e. The van der Waals surface area contributed by atoms with E-state index in [1.807, 2.05) is 12.1 Å². The summed E-state index contributed by atoms with van der Waals surface area (Å²) in [5, 5.41) is 10.3. The fourth-order valence-electron chi connectivity index (χ4n) is 1.93. The summed E-state index contributed by atoms with van der Waals surface area (Å²) in [7, 11) is 0. The first-order valence-electron chi connectivity index (χ1n) is 7.11. The van der Waals surface area contributed by atoms with E-state index in [0.29, 0.717) is 16.7 Å². The summed E-state index contributed by atoms with van der Waals surface area (Å²) in [6.07, 6.45) is 5.92. The number of amides is 1. The van der Waals surface area contributed by atoms with Crippen molar-refractivity contribution in [3.8, 4) is 0 Å². The highest BCUT2D eigenvalue weighted by atomic mass is 35.5. The quantitative estimate of drug-likeness (QED) is 0.739. The summed E-state index contributed by atoms with van der Waals surface area (Å²) in [5.74, 6) is 0.262. The number of hydrogen-bond donors (Lipinski definition) is 2. The van der Waals surface area contributed by atoms with Crippen molar-refractivity contribution >= 4 is 34.8 Å². The zero-order chi connectivity index (χ0) is 16.9. The van der Waals surface area contributed by atoms with Crippen molar-refractivity contribution in [2.75, 3.05) is 10.6 Å². The van der Waals surface area contributed by atoms with Gasteiger partial charge in [0, 0.05) is 11.4 Å². The van der Waals surface area contributed by atoms with E-state index in [-0.39, 0.29) is 5.91 Å². The third-order valence-electron chi connectivity index (χ3n) is 3.24. The predicted octanol–water partition coefficient (Wildman–Crippen LogP) is 2.66. The molecule has 0 aliphatic heterocycles. The summed E-state index contributed by atoms with van der Waals surface area (Å²) in [6, 6.07) is 6.74. The number of nitrogens with zero attached hydrogens (tertiary/aromatic N) is 5. The highest BCUT2D eigenvalue weighted by molar-refractivity contribution is 6.30. The third kappa shape index (κ3) is 3.85. The van der Waals surface area contributed by atoms with Crippen molar-refractivity contribution in [2.45, 2.75) is 13.0 Å². The van der Waals surface area contributed by atoms with Crippen LogP contribution in [0.25, 0.3) is 0 Å². The van der Waals surface area contributed by atoms with Gasteiger partial charge in [-0.25, -0.2) is 19.6 Å². The molecule has 1 atom stereocenters. The first-order chi connectivity index (χ1) is 11.6. The Hall–Kier alpha value is -3.00. The topological polar surface area (TPSA) is 97.6 Å². The molecule has 0 aliphatic rings. The Labute approximate surface area is 142 Å². The van der Waals surface area contributed by atoms with E-state index in [0.717, 1.165) is 5.69 Å². The summed E-state index contributed by atoms with van der Waals surface area (Å²) >= 11 is 5.74. The molecular formula is C15H14ClN7O. The molecule has 8 nitrogen and oxygen atoms in total. The van der Waals surface area contributed by atoms with Gasteiger partial charge in [-0.3, -0.25) is 4.79 Å². The molecule has 0 fully saturated rings. The molecule has 122 valence electrons. The van der Waals surface area contributed by atoms with E-state index in [1.54, 1.807) is 19.1 Å². The Kier molecular flexibility index (Phi) is 4.66. The summed E-state index contributed by atoms with van der Waals surface area (Å²) < 4.78 is 1.49. The van der Waals surface area contributed by atoms with Gasteiger partial charge in [0.1, 0.15) is 18.7 Å². The van der Waals surface area contributed by atoms with Crippen LogP contribution in [0, 0.1) is 0 Å². The number of benzene rings is 1. The lowest BCUT2D eigenvalue weighted by Gasteiger charge is -2.12. The minimum absolute atomic E-state index is 0.178. The Morgan fingerprint density at radius 1 is 1.17 bits per heavy atom. The summed E-state index contributed by atoms with van der Waals surface area (Å²) in [6.45, 7) is 1.75. The number of carbonyl (C=O) groups excluding carboxylic acids is 1. The first kappa shape index (κ1) is 15.9. The van der Waals surface area contributed by atoms with Crippen LogP contribution in [-0.4, -0.2) is 30.6 Å². The number of rotatable bonds is 5. The lowest BCUT2D eigenvalue weighted by Crippen LogP contribution is -2.23. The Bertz CT molecular complexity index is 803. The van der Waals surface area contributed by atoms with Crippen LogP contribution >= 0.6 is 11.6 Å². The molecule has 0 bridgehead atoms. The van der Waals surface area contributed by atoms with Gasteiger partial charge in [-0.2, -0.15) is 5.10 Å². The van der Waals surface area contributed by atoms with E-state index in [1.165, 1.54) is 29.7 Å². The van der Waals surface area contributed by atoms with Gasteiger partial charge >= 0.3 is 0 Å². The van der Waals surface area contributed by atoms with E-state index < -0.39 is 6.04 Å². The number of carbonyl (C=O) groups is 1. The lowest BCUT2D eigenvalue weighted by molar-refractivity contribution is -0.119. The van der Waals surface area contributed by atoms with Gasteiger partial charge in [0.25, 0.3) is 0 Å². The van der Waals surface area contributed by atoms with Crippen LogP contribution in [0.3, 0.4) is 0 Å². The van der Waals surface area contributed by atoms with Crippen LogP contribution in [0.5, 0.6) is 0 Å². The zero-order valence-electron chi connectivity index (χ0n) is 12.7. The average Bonchev–Trinajstić information content (AvgIpc) is 3.12. The molecule has 24 heavy (non-hydrogen) atoms. The van der Waals surface area contributed by atoms with Crippen LogP contribution in [0.1, 0.15) is 13.0 Å². The van der Waals surface area contributed by atoms with E-state index >= 15 is 0 Å². The van der Waals surface area contributed by atoms with E-state index in [4.69, 9.17) is 11.6 Å². The van der Waals surface area contributed by atoms with Crippen LogP contribution < -0.4 is 10.6 Å². The van der Waals surface area contributed by atoms with Crippen molar-refractivity contribution in [3.05, 3.63) is 54.3 Å². The van der Waals surface area contributed by atoms with Gasteiger partial charge in [0.2, 0.25) is 11.9 Å². The summed E-state index contributed by atoms with van der Waals surface area (Å²) in [4.78, 5) is 24.1. The monoisotopic (exact) mass is 343 g/mol. The van der Waals surface area contributed by atoms with Gasteiger partial charge in [-0.05, 0) is 31.2 Å². The molecule has 9 heteroatoms. The summed E-state index contributed by atoms with van der Waals surface area (Å²) in [5.41, 5.74) is 1.47. The number of nitrogens with one attached hydrogen (secondary N) is 2. The van der Waals surface area contributed by atoms with Crippen LogP contribution in [-0.2, 0) is 4.79 Å². The van der Waals surface area contributed by atoms with Gasteiger partial charge < -0.3 is 10.6 Å². The van der Waals surface area contributed by atoms with Crippen molar-refractivity contribution < 1.29 is 4.79 Å². The van der Waals surface area contributed by atoms with Crippen molar-refractivity contribution in [1.29, 1.82) is 0 Å². The molecule has 3 aromatic rings. The third-order valence-corrected chi connectivity index (χ3v) is 3.44. The SMILES string of the molecule is C[C@H](C(=O)Nc1ccc(Nc2ncc(Cl)cn2)cc1)n1cncn1. The van der Waals surface area contributed by atoms with Gasteiger partial charge in [0.15, 0.2) is 0 Å². The van der Waals surface area contributed by atoms with Crippen molar-refractivity contribution in [1.82, 2.24) is 24.7 Å². The maximum absolute atomic E-state index is 12.2. The first-order valence-corrected chi connectivity index (χ1v) is 7.49. The smallest absolute Gasteiger partial charge is 0.249 e.